The van der Waals surface area contributed by atoms with Crippen LogP contribution in [0.1, 0.15) is 35.7 Å². The molecule has 1 aromatic carbocycles. The number of ketones is 1. The normalized spacial score (nSPS) is 17.5. The van der Waals surface area contributed by atoms with Gasteiger partial charge in [-0.15, -0.1) is 0 Å². The van der Waals surface area contributed by atoms with Gasteiger partial charge in [0.15, 0.2) is 5.78 Å². The van der Waals surface area contributed by atoms with E-state index >= 15 is 0 Å². The van der Waals surface area contributed by atoms with Crippen molar-refractivity contribution < 1.29 is 4.79 Å². The molecule has 0 amide bonds. The van der Waals surface area contributed by atoms with Gasteiger partial charge >= 0.3 is 0 Å². The summed E-state index contributed by atoms with van der Waals surface area (Å²) >= 11 is 0. The van der Waals surface area contributed by atoms with Gasteiger partial charge in [0.1, 0.15) is 0 Å². The summed E-state index contributed by atoms with van der Waals surface area (Å²) in [5.41, 5.74) is 2.39. The molecule has 0 saturated heterocycles. The van der Waals surface area contributed by atoms with Crippen molar-refractivity contribution in [3.8, 4) is 0 Å². The molecule has 2 rings (SSSR count). The highest BCUT2D eigenvalue weighted by molar-refractivity contribution is 5.96. The molecule has 0 spiro atoms. The van der Waals surface area contributed by atoms with E-state index in [2.05, 4.69) is 25.1 Å². The minimum absolute atomic E-state index is 0.181. The lowest BCUT2D eigenvalue weighted by molar-refractivity contribution is 0.101. The van der Waals surface area contributed by atoms with E-state index in [-0.39, 0.29) is 11.2 Å². The van der Waals surface area contributed by atoms with Crippen LogP contribution in [0, 0.1) is 0 Å². The Morgan fingerprint density at radius 3 is 2.44 bits per heavy atom. The summed E-state index contributed by atoms with van der Waals surface area (Å²) in [7, 11) is 4.19. The number of hydrogen-bond donors (Lipinski definition) is 0. The van der Waals surface area contributed by atoms with E-state index in [1.807, 2.05) is 18.2 Å². The van der Waals surface area contributed by atoms with Gasteiger partial charge < -0.3 is 4.90 Å². The molecule has 0 atom stereocenters. The molecule has 0 bridgehead atoms. The van der Waals surface area contributed by atoms with Crippen LogP contribution < -0.4 is 0 Å². The highest BCUT2D eigenvalue weighted by Crippen LogP contribution is 2.49. The van der Waals surface area contributed by atoms with Crippen molar-refractivity contribution >= 4 is 5.78 Å². The summed E-state index contributed by atoms with van der Waals surface area (Å²) in [5.74, 6) is 0.181. The van der Waals surface area contributed by atoms with E-state index in [1.54, 1.807) is 6.92 Å². The molecule has 2 nitrogen and oxygen atoms in total. The molecular weight excluding hydrogens is 198 g/mol. The molecule has 1 aliphatic rings. The fourth-order valence-corrected chi connectivity index (χ4v) is 2.52. The topological polar surface area (TPSA) is 20.3 Å². The van der Waals surface area contributed by atoms with Gasteiger partial charge in [-0.3, -0.25) is 4.79 Å². The van der Waals surface area contributed by atoms with Crippen LogP contribution in [0.5, 0.6) is 0 Å². The molecule has 2 heteroatoms. The van der Waals surface area contributed by atoms with E-state index in [0.29, 0.717) is 0 Å². The molecule has 86 valence electrons. The molecule has 16 heavy (non-hydrogen) atoms. The van der Waals surface area contributed by atoms with E-state index in [4.69, 9.17) is 0 Å². The number of nitrogens with zero attached hydrogens (tertiary/aromatic N) is 1. The quantitative estimate of drug-likeness (QED) is 0.722. The molecule has 1 aliphatic carbocycles. The number of likely N-dealkylation sites (N-methyl/N-ethyl adjacent to an activating group) is 1. The van der Waals surface area contributed by atoms with Crippen molar-refractivity contribution in [2.45, 2.75) is 25.2 Å². The largest absolute Gasteiger partial charge is 0.309 e. The van der Waals surface area contributed by atoms with E-state index in [1.165, 1.54) is 18.4 Å². The third-order valence-corrected chi connectivity index (χ3v) is 3.35. The van der Waals surface area contributed by atoms with Gasteiger partial charge in [-0.1, -0.05) is 24.3 Å². The number of benzene rings is 1. The van der Waals surface area contributed by atoms with Gasteiger partial charge in [0, 0.05) is 17.5 Å². The van der Waals surface area contributed by atoms with Crippen LogP contribution in [-0.2, 0) is 5.41 Å². The fraction of sp³-hybridized carbons (Fsp3) is 0.500. The van der Waals surface area contributed by atoms with E-state index < -0.39 is 0 Å². The molecule has 1 fully saturated rings. The molecule has 0 aliphatic heterocycles. The third-order valence-electron chi connectivity index (χ3n) is 3.35. The lowest BCUT2D eigenvalue weighted by Crippen LogP contribution is -2.27. The van der Waals surface area contributed by atoms with Crippen molar-refractivity contribution in [3.05, 3.63) is 35.4 Å². The Kier molecular flexibility index (Phi) is 2.85. The Morgan fingerprint density at radius 1 is 1.31 bits per heavy atom. The average molecular weight is 217 g/mol. The maximum Gasteiger partial charge on any atom is 0.160 e. The standard InChI is InChI=1S/C14H19NO/c1-11(16)12-6-4-5-7-13(12)14(8-9-14)10-15(2)3/h4-7H,8-10H2,1-3H3. The highest BCUT2D eigenvalue weighted by Gasteiger charge is 2.45. The number of carbonyl (C=O) groups is 1. The number of hydrogen-bond acceptors (Lipinski definition) is 2. The van der Waals surface area contributed by atoms with Crippen molar-refractivity contribution in [1.29, 1.82) is 0 Å². The second-order valence-corrected chi connectivity index (χ2v) is 5.12. The minimum atomic E-state index is 0.181. The molecule has 0 N–H and O–H groups in total. The minimum Gasteiger partial charge on any atom is -0.309 e. The van der Waals surface area contributed by atoms with Crippen LogP contribution in [-0.4, -0.2) is 31.3 Å². The summed E-state index contributed by atoms with van der Waals surface area (Å²) < 4.78 is 0. The van der Waals surface area contributed by atoms with Gasteiger partial charge in [-0.2, -0.15) is 0 Å². The number of carbonyl (C=O) groups excluding carboxylic acids is 1. The SMILES string of the molecule is CC(=O)c1ccccc1C1(CN(C)C)CC1. The summed E-state index contributed by atoms with van der Waals surface area (Å²) in [6.45, 7) is 2.70. The first-order chi connectivity index (χ1) is 7.55. The average Bonchev–Trinajstić information content (AvgIpc) is 2.98. The molecule has 1 saturated carbocycles. The van der Waals surface area contributed by atoms with Gasteiger partial charge in [0.05, 0.1) is 0 Å². The van der Waals surface area contributed by atoms with Gasteiger partial charge in [0.2, 0.25) is 0 Å². The van der Waals surface area contributed by atoms with Gasteiger partial charge in [0.25, 0.3) is 0 Å². The van der Waals surface area contributed by atoms with Gasteiger partial charge in [-0.05, 0) is 39.4 Å². The predicted octanol–water partition coefficient (Wildman–Crippen LogP) is 2.48. The molecule has 0 heterocycles. The first-order valence-electron chi connectivity index (χ1n) is 5.80. The van der Waals surface area contributed by atoms with Crippen LogP contribution in [0.15, 0.2) is 24.3 Å². The summed E-state index contributed by atoms with van der Waals surface area (Å²) in [5, 5.41) is 0. The maximum absolute atomic E-state index is 11.6. The number of Topliss-reactive ketones (excluding diaryl/α,β-unsaturated/α-hetero) is 1. The van der Waals surface area contributed by atoms with Crippen molar-refractivity contribution in [2.24, 2.45) is 0 Å². The maximum atomic E-state index is 11.6. The monoisotopic (exact) mass is 217 g/mol. The van der Waals surface area contributed by atoms with Crippen molar-refractivity contribution in [2.75, 3.05) is 20.6 Å². The molecule has 0 aromatic heterocycles. The predicted molar refractivity (Wildman–Crippen MR) is 65.9 cm³/mol. The Morgan fingerprint density at radius 2 is 1.94 bits per heavy atom. The van der Waals surface area contributed by atoms with Crippen LogP contribution in [0.2, 0.25) is 0 Å². The summed E-state index contributed by atoms with van der Waals surface area (Å²) in [6, 6.07) is 8.06. The summed E-state index contributed by atoms with van der Waals surface area (Å²) in [4.78, 5) is 13.8. The lowest BCUT2D eigenvalue weighted by atomic mass is 9.89. The van der Waals surface area contributed by atoms with E-state index in [9.17, 15) is 4.79 Å². The van der Waals surface area contributed by atoms with Gasteiger partial charge in [-0.25, -0.2) is 0 Å². The number of rotatable bonds is 4. The zero-order valence-corrected chi connectivity index (χ0v) is 10.3. The molecule has 0 radical (unpaired) electrons. The molecule has 0 unspecified atom stereocenters. The second kappa shape index (κ2) is 4.02. The zero-order chi connectivity index (χ0) is 11.8. The first kappa shape index (κ1) is 11.3. The Labute approximate surface area is 97.3 Å². The summed E-state index contributed by atoms with van der Waals surface area (Å²) in [6.07, 6.45) is 2.41. The highest BCUT2D eigenvalue weighted by atomic mass is 16.1. The fourth-order valence-electron chi connectivity index (χ4n) is 2.52. The van der Waals surface area contributed by atoms with Crippen LogP contribution in [0.4, 0.5) is 0 Å². The van der Waals surface area contributed by atoms with Crippen molar-refractivity contribution in [3.63, 3.8) is 0 Å². The first-order valence-corrected chi connectivity index (χ1v) is 5.80. The van der Waals surface area contributed by atoms with Crippen LogP contribution in [0.25, 0.3) is 0 Å². The lowest BCUT2D eigenvalue weighted by Gasteiger charge is -2.22. The Bertz CT molecular complexity index is 405. The smallest absolute Gasteiger partial charge is 0.160 e. The van der Waals surface area contributed by atoms with Crippen molar-refractivity contribution in [1.82, 2.24) is 4.90 Å². The van der Waals surface area contributed by atoms with Crippen LogP contribution >= 0.6 is 0 Å². The third kappa shape index (κ3) is 2.03. The zero-order valence-electron chi connectivity index (χ0n) is 10.3. The Balaban J connectivity index is 2.36. The molecule has 1 aromatic rings. The van der Waals surface area contributed by atoms with Crippen LogP contribution in [0.3, 0.4) is 0 Å². The molecular formula is C14H19NO. The second-order valence-electron chi connectivity index (χ2n) is 5.12. The van der Waals surface area contributed by atoms with E-state index in [0.717, 1.165) is 12.1 Å². The Hall–Kier alpha value is -1.15.